The van der Waals surface area contributed by atoms with Crippen LogP contribution in [0.1, 0.15) is 24.5 Å². The number of H-pyrrole nitrogens is 1. The van der Waals surface area contributed by atoms with E-state index in [1.165, 1.54) is 0 Å². The normalized spacial score (nSPS) is 18.7. The zero-order valence-corrected chi connectivity index (χ0v) is 12.9. The number of nitrogens with one attached hydrogen (secondary N) is 1. The molecule has 0 bridgehead atoms. The minimum absolute atomic E-state index is 0.115. The van der Waals surface area contributed by atoms with Crippen molar-refractivity contribution in [3.05, 3.63) is 36.5 Å². The van der Waals surface area contributed by atoms with Crippen molar-refractivity contribution in [1.82, 2.24) is 24.7 Å². The largest absolute Gasteiger partial charge is 0.394 e. The van der Waals surface area contributed by atoms with Crippen LogP contribution in [-0.4, -0.2) is 49.5 Å². The lowest BCUT2D eigenvalue weighted by atomic mass is 9.95. The maximum atomic E-state index is 9.02. The molecule has 0 saturated carbocycles. The lowest BCUT2D eigenvalue weighted by Crippen LogP contribution is -2.35. The Labute approximate surface area is 134 Å². The molecule has 1 saturated heterocycles. The van der Waals surface area contributed by atoms with Gasteiger partial charge in [-0.05, 0) is 25.0 Å². The summed E-state index contributed by atoms with van der Waals surface area (Å²) in [5.74, 6) is 1.39. The van der Waals surface area contributed by atoms with Gasteiger partial charge < -0.3 is 15.0 Å². The Bertz CT molecular complexity index is 795. The first-order valence-electron chi connectivity index (χ1n) is 8.02. The monoisotopic (exact) mass is 312 g/mol. The molecular formula is C16H20N6O. The van der Waals surface area contributed by atoms with Gasteiger partial charge in [-0.1, -0.05) is 0 Å². The van der Waals surface area contributed by atoms with Gasteiger partial charge in [-0.2, -0.15) is 5.10 Å². The van der Waals surface area contributed by atoms with Gasteiger partial charge in [0.05, 0.1) is 24.2 Å². The SMILES string of the molecule is OCCn1ccc(C2CCCN(c3ncnc4[nH]ccc34)C2)n1. The summed E-state index contributed by atoms with van der Waals surface area (Å²) < 4.78 is 1.81. The number of nitrogens with zero attached hydrogens (tertiary/aromatic N) is 5. The number of anilines is 1. The smallest absolute Gasteiger partial charge is 0.142 e. The molecule has 0 aliphatic carbocycles. The van der Waals surface area contributed by atoms with E-state index in [1.54, 1.807) is 6.33 Å². The van der Waals surface area contributed by atoms with E-state index in [0.29, 0.717) is 12.5 Å². The van der Waals surface area contributed by atoms with E-state index in [0.717, 1.165) is 48.5 Å². The molecule has 1 aliphatic heterocycles. The first-order chi connectivity index (χ1) is 11.3. The number of rotatable bonds is 4. The third-order valence-electron chi connectivity index (χ3n) is 4.46. The van der Waals surface area contributed by atoms with Crippen molar-refractivity contribution in [3.63, 3.8) is 0 Å². The average molecular weight is 312 g/mol. The molecule has 1 fully saturated rings. The Hall–Kier alpha value is -2.41. The molecule has 3 aromatic rings. The van der Waals surface area contributed by atoms with Crippen molar-refractivity contribution in [1.29, 1.82) is 0 Å². The summed E-state index contributed by atoms with van der Waals surface area (Å²) in [7, 11) is 0. The molecule has 7 nitrogen and oxygen atoms in total. The van der Waals surface area contributed by atoms with E-state index in [2.05, 4.69) is 31.0 Å². The maximum Gasteiger partial charge on any atom is 0.142 e. The average Bonchev–Trinajstić information content (AvgIpc) is 3.24. The Morgan fingerprint density at radius 1 is 1.30 bits per heavy atom. The molecule has 3 aromatic heterocycles. The molecule has 0 radical (unpaired) electrons. The zero-order chi connectivity index (χ0) is 15.6. The fourth-order valence-electron chi connectivity index (χ4n) is 3.34. The van der Waals surface area contributed by atoms with Crippen molar-refractivity contribution in [2.45, 2.75) is 25.3 Å². The molecule has 0 amide bonds. The Balaban J connectivity index is 1.58. The molecule has 120 valence electrons. The van der Waals surface area contributed by atoms with Crippen LogP contribution in [0.15, 0.2) is 30.9 Å². The van der Waals surface area contributed by atoms with E-state index >= 15 is 0 Å². The number of hydrogen-bond acceptors (Lipinski definition) is 5. The van der Waals surface area contributed by atoms with Gasteiger partial charge in [-0.15, -0.1) is 0 Å². The molecule has 7 heteroatoms. The minimum atomic E-state index is 0.115. The van der Waals surface area contributed by atoms with Crippen LogP contribution in [0.4, 0.5) is 5.82 Å². The second-order valence-electron chi connectivity index (χ2n) is 5.95. The van der Waals surface area contributed by atoms with Crippen LogP contribution in [0, 0.1) is 0 Å². The predicted molar refractivity (Wildman–Crippen MR) is 87.4 cm³/mol. The number of fused-ring (bicyclic) bond motifs is 1. The van der Waals surface area contributed by atoms with Crippen LogP contribution < -0.4 is 4.90 Å². The maximum absolute atomic E-state index is 9.02. The quantitative estimate of drug-likeness (QED) is 0.763. The second kappa shape index (κ2) is 6.00. The number of aliphatic hydroxyl groups is 1. The molecule has 1 aliphatic rings. The first-order valence-corrected chi connectivity index (χ1v) is 8.02. The number of aromatic amines is 1. The van der Waals surface area contributed by atoms with Crippen LogP contribution in [0.25, 0.3) is 11.0 Å². The fourth-order valence-corrected chi connectivity index (χ4v) is 3.34. The van der Waals surface area contributed by atoms with E-state index in [-0.39, 0.29) is 6.61 Å². The highest BCUT2D eigenvalue weighted by atomic mass is 16.3. The molecule has 4 heterocycles. The topological polar surface area (TPSA) is 82.9 Å². The van der Waals surface area contributed by atoms with Crippen molar-refractivity contribution < 1.29 is 5.11 Å². The molecule has 0 spiro atoms. The van der Waals surface area contributed by atoms with Crippen LogP contribution in [-0.2, 0) is 6.54 Å². The fraction of sp³-hybridized carbons (Fsp3) is 0.438. The van der Waals surface area contributed by atoms with Crippen molar-refractivity contribution in [2.75, 3.05) is 24.6 Å². The summed E-state index contributed by atoms with van der Waals surface area (Å²) in [6.07, 6.45) is 7.72. The van der Waals surface area contributed by atoms with Gasteiger partial charge >= 0.3 is 0 Å². The van der Waals surface area contributed by atoms with Crippen LogP contribution in [0.5, 0.6) is 0 Å². The third kappa shape index (κ3) is 2.68. The van der Waals surface area contributed by atoms with Crippen molar-refractivity contribution in [2.24, 2.45) is 0 Å². The summed E-state index contributed by atoms with van der Waals surface area (Å²) in [6, 6.07) is 4.10. The van der Waals surface area contributed by atoms with Crippen LogP contribution >= 0.6 is 0 Å². The first kappa shape index (κ1) is 14.2. The number of aliphatic hydroxyl groups excluding tert-OH is 1. The lowest BCUT2D eigenvalue weighted by molar-refractivity contribution is 0.268. The minimum Gasteiger partial charge on any atom is -0.394 e. The number of piperidine rings is 1. The standard InChI is InChI=1S/C16H20N6O/c23-9-8-22-7-4-14(20-22)12-2-1-6-21(10-12)16-13-3-5-17-15(13)18-11-19-16/h3-5,7,11-12,23H,1-2,6,8-10H2,(H,17,18,19). The summed E-state index contributed by atoms with van der Waals surface area (Å²) in [4.78, 5) is 14.2. The lowest BCUT2D eigenvalue weighted by Gasteiger charge is -2.33. The van der Waals surface area contributed by atoms with Gasteiger partial charge in [-0.3, -0.25) is 4.68 Å². The molecule has 1 atom stereocenters. The molecule has 23 heavy (non-hydrogen) atoms. The van der Waals surface area contributed by atoms with Crippen LogP contribution in [0.3, 0.4) is 0 Å². The molecule has 0 aromatic carbocycles. The van der Waals surface area contributed by atoms with Gasteiger partial charge in [0.25, 0.3) is 0 Å². The summed E-state index contributed by atoms with van der Waals surface area (Å²) >= 11 is 0. The van der Waals surface area contributed by atoms with E-state index in [4.69, 9.17) is 5.11 Å². The van der Waals surface area contributed by atoms with Crippen molar-refractivity contribution in [3.8, 4) is 0 Å². The summed E-state index contributed by atoms with van der Waals surface area (Å²) in [6.45, 7) is 2.58. The Morgan fingerprint density at radius 2 is 2.26 bits per heavy atom. The summed E-state index contributed by atoms with van der Waals surface area (Å²) in [5.41, 5.74) is 1.98. The van der Waals surface area contributed by atoms with Gasteiger partial charge in [0.1, 0.15) is 17.8 Å². The highest BCUT2D eigenvalue weighted by Crippen LogP contribution is 2.31. The molecular weight excluding hydrogens is 292 g/mol. The molecule has 1 unspecified atom stereocenters. The Kier molecular flexibility index (Phi) is 3.70. The predicted octanol–water partition coefficient (Wildman–Crippen LogP) is 1.53. The highest BCUT2D eigenvalue weighted by Gasteiger charge is 2.25. The number of aromatic nitrogens is 5. The molecule has 2 N–H and O–H groups in total. The number of hydrogen-bond donors (Lipinski definition) is 2. The summed E-state index contributed by atoms with van der Waals surface area (Å²) in [5, 5.41) is 14.7. The van der Waals surface area contributed by atoms with Crippen molar-refractivity contribution >= 4 is 16.9 Å². The second-order valence-corrected chi connectivity index (χ2v) is 5.95. The Morgan fingerprint density at radius 3 is 3.17 bits per heavy atom. The highest BCUT2D eigenvalue weighted by molar-refractivity contribution is 5.87. The zero-order valence-electron chi connectivity index (χ0n) is 12.9. The van der Waals surface area contributed by atoms with Gasteiger partial charge in [0.2, 0.25) is 0 Å². The molecule has 4 rings (SSSR count). The van der Waals surface area contributed by atoms with Gasteiger partial charge in [0, 0.05) is 31.4 Å². The third-order valence-corrected chi connectivity index (χ3v) is 4.46. The van der Waals surface area contributed by atoms with E-state index in [1.807, 2.05) is 23.1 Å². The van der Waals surface area contributed by atoms with Gasteiger partial charge in [-0.25, -0.2) is 9.97 Å². The van der Waals surface area contributed by atoms with Gasteiger partial charge in [0.15, 0.2) is 0 Å². The van der Waals surface area contributed by atoms with E-state index in [9.17, 15) is 0 Å². The van der Waals surface area contributed by atoms with Crippen LogP contribution in [0.2, 0.25) is 0 Å². The van der Waals surface area contributed by atoms with E-state index < -0.39 is 0 Å².